The number of hydrogen-bond donors (Lipinski definition) is 1. The van der Waals surface area contributed by atoms with Gasteiger partial charge in [0.2, 0.25) is 0 Å². The van der Waals surface area contributed by atoms with Gasteiger partial charge in [-0.25, -0.2) is 0 Å². The van der Waals surface area contributed by atoms with E-state index >= 15 is 0 Å². The van der Waals surface area contributed by atoms with Crippen molar-refractivity contribution in [3.8, 4) is 11.3 Å². The molecule has 0 saturated heterocycles. The van der Waals surface area contributed by atoms with Gasteiger partial charge in [-0.2, -0.15) is 0 Å². The van der Waals surface area contributed by atoms with Crippen molar-refractivity contribution in [1.29, 1.82) is 0 Å². The molecule has 0 spiro atoms. The van der Waals surface area contributed by atoms with Crippen LogP contribution >= 0.6 is 0 Å². The number of rotatable bonds is 5. The molecule has 1 fully saturated rings. The van der Waals surface area contributed by atoms with E-state index in [9.17, 15) is 9.90 Å². The third-order valence-corrected chi connectivity index (χ3v) is 4.39. The lowest BCUT2D eigenvalue weighted by atomic mass is 9.66. The Balaban J connectivity index is 1.86. The van der Waals surface area contributed by atoms with Crippen LogP contribution in [-0.4, -0.2) is 16.2 Å². The third-order valence-electron chi connectivity index (χ3n) is 4.39. The van der Waals surface area contributed by atoms with E-state index in [2.05, 4.69) is 24.2 Å². The third kappa shape index (κ3) is 2.35. The molecular formula is C17H19NO3. The van der Waals surface area contributed by atoms with E-state index in [1.165, 1.54) is 5.56 Å². The van der Waals surface area contributed by atoms with Gasteiger partial charge in [0.05, 0.1) is 0 Å². The van der Waals surface area contributed by atoms with Crippen LogP contribution in [0.15, 0.2) is 34.9 Å². The van der Waals surface area contributed by atoms with E-state index < -0.39 is 11.4 Å². The largest absolute Gasteiger partial charge is 0.481 e. The van der Waals surface area contributed by atoms with Crippen LogP contribution in [-0.2, 0) is 16.6 Å². The van der Waals surface area contributed by atoms with Crippen LogP contribution in [0.5, 0.6) is 0 Å². The molecule has 0 radical (unpaired) electrons. The molecule has 0 amide bonds. The van der Waals surface area contributed by atoms with Crippen molar-refractivity contribution in [3.63, 3.8) is 0 Å². The molecule has 1 aromatic heterocycles. The Morgan fingerprint density at radius 1 is 1.33 bits per heavy atom. The van der Waals surface area contributed by atoms with Crippen LogP contribution in [0, 0.1) is 0 Å². The van der Waals surface area contributed by atoms with Crippen molar-refractivity contribution in [2.24, 2.45) is 0 Å². The molecule has 0 atom stereocenters. The van der Waals surface area contributed by atoms with Crippen LogP contribution in [0.3, 0.4) is 0 Å². The fraction of sp³-hybridized carbons (Fsp3) is 0.412. The first-order valence-corrected chi connectivity index (χ1v) is 7.45. The molecule has 3 rings (SSSR count). The average molecular weight is 285 g/mol. The van der Waals surface area contributed by atoms with Gasteiger partial charge in [0.1, 0.15) is 11.1 Å². The number of benzene rings is 1. The highest BCUT2D eigenvalue weighted by Gasteiger charge is 2.48. The number of carboxylic acids is 1. The first kappa shape index (κ1) is 13.9. The molecule has 1 aliphatic carbocycles. The molecule has 1 aliphatic rings. The Labute approximate surface area is 123 Å². The van der Waals surface area contributed by atoms with Crippen LogP contribution < -0.4 is 0 Å². The summed E-state index contributed by atoms with van der Waals surface area (Å²) in [4.78, 5) is 11.5. The van der Waals surface area contributed by atoms with Crippen LogP contribution in [0.25, 0.3) is 11.3 Å². The Bertz CT molecular complexity index is 638. The van der Waals surface area contributed by atoms with Crippen molar-refractivity contribution in [2.75, 3.05) is 0 Å². The summed E-state index contributed by atoms with van der Waals surface area (Å²) in [6, 6.07) is 9.95. The molecule has 0 bridgehead atoms. The summed E-state index contributed by atoms with van der Waals surface area (Å²) in [6.07, 6.45) is 4.39. The van der Waals surface area contributed by atoms with Crippen molar-refractivity contribution in [3.05, 3.63) is 41.6 Å². The quantitative estimate of drug-likeness (QED) is 0.907. The number of carboxylic acid groups (broad SMARTS) is 1. The van der Waals surface area contributed by atoms with Crippen molar-refractivity contribution in [1.82, 2.24) is 5.16 Å². The van der Waals surface area contributed by atoms with Gasteiger partial charge in [-0.3, -0.25) is 4.79 Å². The lowest BCUT2D eigenvalue weighted by Gasteiger charge is -2.35. The Morgan fingerprint density at radius 2 is 2.05 bits per heavy atom. The summed E-state index contributed by atoms with van der Waals surface area (Å²) in [6.45, 7) is 2.15. The second-order valence-corrected chi connectivity index (χ2v) is 5.76. The van der Waals surface area contributed by atoms with Crippen molar-refractivity contribution < 1.29 is 14.4 Å². The summed E-state index contributed by atoms with van der Waals surface area (Å²) in [5.74, 6) is -0.160. The second-order valence-electron chi connectivity index (χ2n) is 5.76. The molecule has 1 saturated carbocycles. The first-order chi connectivity index (χ1) is 10.2. The van der Waals surface area contributed by atoms with E-state index in [1.807, 2.05) is 12.1 Å². The highest BCUT2D eigenvalue weighted by molar-refractivity contribution is 5.82. The van der Waals surface area contributed by atoms with Gasteiger partial charge in [-0.1, -0.05) is 49.2 Å². The first-order valence-electron chi connectivity index (χ1n) is 7.45. The summed E-state index contributed by atoms with van der Waals surface area (Å²) in [5, 5.41) is 13.4. The van der Waals surface area contributed by atoms with E-state index in [4.69, 9.17) is 4.52 Å². The van der Waals surface area contributed by atoms with E-state index in [0.717, 1.165) is 24.8 Å². The molecule has 4 nitrogen and oxygen atoms in total. The molecule has 0 unspecified atom stereocenters. The average Bonchev–Trinajstić information content (AvgIpc) is 2.88. The molecule has 2 aromatic rings. The van der Waals surface area contributed by atoms with Crippen LogP contribution in [0.2, 0.25) is 0 Å². The minimum atomic E-state index is -0.829. The molecule has 0 aliphatic heterocycles. The molecular weight excluding hydrogens is 266 g/mol. The maximum Gasteiger partial charge on any atom is 0.315 e. The molecule has 1 heterocycles. The van der Waals surface area contributed by atoms with Gasteiger partial charge >= 0.3 is 5.97 Å². The van der Waals surface area contributed by atoms with Crippen LogP contribution in [0.1, 0.15) is 43.9 Å². The number of aryl methyl sites for hydroxylation is 1. The standard InChI is InChI=1S/C17H19NO3/c1-2-4-12-5-7-13(8-6-12)14-11-15(18-21-14)17(16(19)20)9-3-10-17/h5-8,11H,2-4,9-10H2,1H3,(H,19,20). The molecule has 4 heteroatoms. The second kappa shape index (κ2) is 5.35. The fourth-order valence-corrected chi connectivity index (χ4v) is 2.87. The zero-order chi connectivity index (χ0) is 14.9. The number of hydrogen-bond acceptors (Lipinski definition) is 3. The van der Waals surface area contributed by atoms with Crippen LogP contribution in [0.4, 0.5) is 0 Å². The van der Waals surface area contributed by atoms with Gasteiger partial charge in [-0.15, -0.1) is 0 Å². The lowest BCUT2D eigenvalue weighted by molar-refractivity contribution is -0.147. The van der Waals surface area contributed by atoms with E-state index in [1.54, 1.807) is 6.07 Å². The molecule has 1 aromatic carbocycles. The smallest absolute Gasteiger partial charge is 0.315 e. The minimum absolute atomic E-state index is 0.550. The normalized spacial score (nSPS) is 16.4. The maximum atomic E-state index is 11.5. The Hall–Kier alpha value is -2.10. The molecule has 21 heavy (non-hydrogen) atoms. The van der Waals surface area contributed by atoms with Crippen molar-refractivity contribution in [2.45, 2.75) is 44.4 Å². The number of aliphatic carboxylic acids is 1. The lowest BCUT2D eigenvalue weighted by Crippen LogP contribution is -2.42. The van der Waals surface area contributed by atoms with Gasteiger partial charge in [-0.05, 0) is 24.8 Å². The zero-order valence-electron chi connectivity index (χ0n) is 12.1. The SMILES string of the molecule is CCCc1ccc(-c2cc(C3(C(=O)O)CCC3)no2)cc1. The predicted octanol–water partition coefficient (Wildman–Crippen LogP) is 3.80. The summed E-state index contributed by atoms with van der Waals surface area (Å²) < 4.78 is 5.37. The van der Waals surface area contributed by atoms with Gasteiger partial charge in [0.25, 0.3) is 0 Å². The number of nitrogens with zero attached hydrogens (tertiary/aromatic N) is 1. The summed E-state index contributed by atoms with van der Waals surface area (Å²) >= 11 is 0. The van der Waals surface area contributed by atoms with E-state index in [-0.39, 0.29) is 0 Å². The van der Waals surface area contributed by atoms with Gasteiger partial charge in [0, 0.05) is 11.6 Å². The number of aromatic nitrogens is 1. The fourth-order valence-electron chi connectivity index (χ4n) is 2.87. The zero-order valence-corrected chi connectivity index (χ0v) is 12.1. The summed E-state index contributed by atoms with van der Waals surface area (Å²) in [7, 11) is 0. The monoisotopic (exact) mass is 285 g/mol. The predicted molar refractivity (Wildman–Crippen MR) is 79.1 cm³/mol. The minimum Gasteiger partial charge on any atom is -0.481 e. The Kier molecular flexibility index (Phi) is 3.53. The van der Waals surface area contributed by atoms with Gasteiger partial charge in [0.15, 0.2) is 5.76 Å². The molecule has 1 N–H and O–H groups in total. The Morgan fingerprint density at radius 3 is 2.57 bits per heavy atom. The number of carbonyl (C=O) groups is 1. The highest BCUT2D eigenvalue weighted by atomic mass is 16.5. The van der Waals surface area contributed by atoms with Crippen molar-refractivity contribution >= 4 is 5.97 Å². The van der Waals surface area contributed by atoms with E-state index in [0.29, 0.717) is 24.3 Å². The summed E-state index contributed by atoms with van der Waals surface area (Å²) in [5.41, 5.74) is 1.95. The molecule has 110 valence electrons. The highest BCUT2D eigenvalue weighted by Crippen LogP contribution is 2.44. The van der Waals surface area contributed by atoms with Gasteiger partial charge < -0.3 is 9.63 Å². The topological polar surface area (TPSA) is 63.3 Å². The maximum absolute atomic E-state index is 11.5.